The van der Waals surface area contributed by atoms with Gasteiger partial charge in [0.1, 0.15) is 0 Å². The lowest BCUT2D eigenvalue weighted by atomic mass is 9.90. The molecule has 0 saturated carbocycles. The number of benzene rings is 3. The molecular weight excluding hydrogens is 356 g/mol. The van der Waals surface area contributed by atoms with E-state index >= 15 is 0 Å². The lowest BCUT2D eigenvalue weighted by Gasteiger charge is -2.16. The summed E-state index contributed by atoms with van der Waals surface area (Å²) in [6.07, 6.45) is 2.91. The molecule has 1 heterocycles. The second-order valence-electron chi connectivity index (χ2n) is 6.47. The molecule has 4 heteroatoms. The van der Waals surface area contributed by atoms with E-state index in [2.05, 4.69) is 53.6 Å². The van der Waals surface area contributed by atoms with E-state index in [1.165, 1.54) is 21.9 Å². The van der Waals surface area contributed by atoms with Gasteiger partial charge in [-0.3, -0.25) is 4.79 Å². The molecule has 3 nitrogen and oxygen atoms in total. The van der Waals surface area contributed by atoms with Crippen LogP contribution in [0, 0.1) is 0 Å². The summed E-state index contributed by atoms with van der Waals surface area (Å²) in [4.78, 5) is 15.2. The number of aromatic nitrogens is 1. The average Bonchev–Trinajstić information content (AvgIpc) is 2.67. The molecule has 4 aromatic rings. The molecule has 1 aromatic heterocycles. The van der Waals surface area contributed by atoms with Gasteiger partial charge in [-0.05, 0) is 35.2 Å². The fourth-order valence-electron chi connectivity index (χ4n) is 3.71. The first-order valence-corrected chi connectivity index (χ1v) is 8.91. The minimum Gasteiger partial charge on any atom is -1.00 e. The van der Waals surface area contributed by atoms with Gasteiger partial charge < -0.3 is 17.7 Å². The topological polar surface area (TPSA) is 43.2 Å². The predicted molar refractivity (Wildman–Crippen MR) is 107 cm³/mol. The van der Waals surface area contributed by atoms with E-state index in [1.807, 2.05) is 30.5 Å². The van der Waals surface area contributed by atoms with Gasteiger partial charge in [0.25, 0.3) is 0 Å². The highest BCUT2D eigenvalue weighted by Crippen LogP contribution is 2.38. The predicted octanol–water partition coefficient (Wildman–Crippen LogP) is 2.00. The Labute approximate surface area is 164 Å². The van der Waals surface area contributed by atoms with Gasteiger partial charge in [-0.1, -0.05) is 49.4 Å². The van der Waals surface area contributed by atoms with Crippen molar-refractivity contribution >= 4 is 33.3 Å². The molecule has 0 atom stereocenters. The van der Waals surface area contributed by atoms with Gasteiger partial charge in [0.05, 0.1) is 16.5 Å². The van der Waals surface area contributed by atoms with E-state index in [0.717, 1.165) is 28.6 Å². The molecule has 136 valence electrons. The zero-order valence-electron chi connectivity index (χ0n) is 15.3. The number of hydrogen-bond donors (Lipinski definition) is 1. The largest absolute Gasteiger partial charge is 1.00 e. The third-order valence-corrected chi connectivity index (χ3v) is 4.79. The summed E-state index contributed by atoms with van der Waals surface area (Å²) >= 11 is 0. The summed E-state index contributed by atoms with van der Waals surface area (Å²) in [6.45, 7) is 3.73. The van der Waals surface area contributed by atoms with Crippen molar-refractivity contribution in [3.63, 3.8) is 0 Å². The van der Waals surface area contributed by atoms with Gasteiger partial charge in [-0.15, -0.1) is 0 Å². The van der Waals surface area contributed by atoms with Crippen molar-refractivity contribution in [3.05, 3.63) is 72.4 Å². The van der Waals surface area contributed by atoms with Crippen LogP contribution in [0.25, 0.3) is 32.8 Å². The van der Waals surface area contributed by atoms with Crippen molar-refractivity contribution < 1.29 is 22.2 Å². The lowest BCUT2D eigenvalue weighted by Crippen LogP contribution is -3.00. The summed E-state index contributed by atoms with van der Waals surface area (Å²) in [5.41, 5.74) is 5.56. The maximum atomic E-state index is 11.8. The van der Waals surface area contributed by atoms with Crippen LogP contribution in [0.4, 0.5) is 5.69 Å². The Morgan fingerprint density at radius 2 is 1.70 bits per heavy atom. The van der Waals surface area contributed by atoms with Gasteiger partial charge in [0.15, 0.2) is 6.20 Å². The number of halogens is 1. The Morgan fingerprint density at radius 1 is 1.00 bits per heavy atom. The SMILES string of the molecule is CCc1c(-c2ccccc2)cc(NC(C)=O)c2c[nH+]c3ccccc3c12.[Cl-]. The number of para-hydroxylation sites is 1. The molecule has 0 aliphatic rings. The summed E-state index contributed by atoms with van der Waals surface area (Å²) in [6, 6.07) is 20.8. The Bertz CT molecular complexity index is 1120. The van der Waals surface area contributed by atoms with E-state index in [0.29, 0.717) is 0 Å². The van der Waals surface area contributed by atoms with Crippen molar-refractivity contribution in [2.45, 2.75) is 20.3 Å². The van der Waals surface area contributed by atoms with Crippen LogP contribution in [0.15, 0.2) is 66.9 Å². The maximum Gasteiger partial charge on any atom is 0.221 e. The minimum atomic E-state index is -0.0669. The number of anilines is 1. The quantitative estimate of drug-likeness (QED) is 0.546. The number of carbonyl (C=O) groups excluding carboxylic acids is 1. The Morgan fingerprint density at radius 3 is 2.41 bits per heavy atom. The zero-order chi connectivity index (χ0) is 18.1. The molecular formula is C23H21ClN2O. The first kappa shape index (κ1) is 18.9. The minimum absolute atomic E-state index is 0. The van der Waals surface area contributed by atoms with Crippen LogP contribution in [0.2, 0.25) is 0 Å². The van der Waals surface area contributed by atoms with E-state index in [-0.39, 0.29) is 18.3 Å². The summed E-state index contributed by atoms with van der Waals surface area (Å²) < 4.78 is 0. The third-order valence-electron chi connectivity index (χ3n) is 4.79. The second kappa shape index (κ2) is 7.77. The highest BCUT2D eigenvalue weighted by molar-refractivity contribution is 6.14. The molecule has 1 amide bonds. The van der Waals surface area contributed by atoms with E-state index < -0.39 is 0 Å². The number of nitrogens with one attached hydrogen (secondary N) is 2. The van der Waals surface area contributed by atoms with Gasteiger partial charge in [0, 0.05) is 18.4 Å². The summed E-state index contributed by atoms with van der Waals surface area (Å²) in [5.74, 6) is -0.0669. The van der Waals surface area contributed by atoms with Crippen LogP contribution in [-0.2, 0) is 11.2 Å². The normalized spacial score (nSPS) is 10.6. The number of fused-ring (bicyclic) bond motifs is 3. The van der Waals surface area contributed by atoms with Crippen molar-refractivity contribution in [3.8, 4) is 11.1 Å². The second-order valence-corrected chi connectivity index (χ2v) is 6.47. The number of H-pyrrole nitrogens is 1. The van der Waals surface area contributed by atoms with Crippen molar-refractivity contribution in [2.75, 3.05) is 5.32 Å². The van der Waals surface area contributed by atoms with Crippen molar-refractivity contribution in [1.82, 2.24) is 0 Å². The third kappa shape index (κ3) is 3.38. The smallest absolute Gasteiger partial charge is 0.221 e. The number of aryl methyl sites for hydroxylation is 1. The van der Waals surface area contributed by atoms with Gasteiger partial charge in [-0.25, -0.2) is 4.98 Å². The highest BCUT2D eigenvalue weighted by Gasteiger charge is 2.18. The Balaban J connectivity index is 0.00000210. The molecule has 3 aromatic carbocycles. The molecule has 4 rings (SSSR count). The lowest BCUT2D eigenvalue weighted by molar-refractivity contribution is -0.342. The van der Waals surface area contributed by atoms with Crippen LogP contribution >= 0.6 is 0 Å². The number of carbonyl (C=O) groups is 1. The first-order chi connectivity index (χ1) is 12.7. The van der Waals surface area contributed by atoms with E-state index in [9.17, 15) is 4.79 Å². The van der Waals surface area contributed by atoms with Crippen molar-refractivity contribution in [2.24, 2.45) is 0 Å². The monoisotopic (exact) mass is 376 g/mol. The molecule has 0 aliphatic carbocycles. The summed E-state index contributed by atoms with van der Waals surface area (Å²) in [5, 5.41) is 6.43. The first-order valence-electron chi connectivity index (χ1n) is 8.91. The van der Waals surface area contributed by atoms with Crippen LogP contribution < -0.4 is 22.7 Å². The molecule has 2 N–H and O–H groups in total. The molecule has 0 unspecified atom stereocenters. The van der Waals surface area contributed by atoms with Gasteiger partial charge >= 0.3 is 0 Å². The molecule has 0 bridgehead atoms. The standard InChI is InChI=1S/C23H20N2O.ClH/c1-3-17-19(16-9-5-4-6-10-16)13-22(25-15(2)26)20-14-24-21-12-8-7-11-18(21)23(17)20;/h4-14H,3H2,1-2H3,(H,25,26);1H. The molecule has 27 heavy (non-hydrogen) atoms. The molecule has 0 aliphatic heterocycles. The zero-order valence-corrected chi connectivity index (χ0v) is 16.1. The molecule has 0 spiro atoms. The van der Waals surface area contributed by atoms with Crippen molar-refractivity contribution in [1.29, 1.82) is 0 Å². The maximum absolute atomic E-state index is 11.8. The van der Waals surface area contributed by atoms with E-state index in [1.54, 1.807) is 6.92 Å². The van der Waals surface area contributed by atoms with Crippen LogP contribution in [0.1, 0.15) is 19.4 Å². The van der Waals surface area contributed by atoms with Gasteiger partial charge in [-0.2, -0.15) is 0 Å². The number of rotatable bonds is 3. The highest BCUT2D eigenvalue weighted by atomic mass is 35.5. The van der Waals surface area contributed by atoms with E-state index in [4.69, 9.17) is 0 Å². The molecule has 0 fully saturated rings. The fourth-order valence-corrected chi connectivity index (χ4v) is 3.71. The van der Waals surface area contributed by atoms with Crippen LogP contribution in [0.5, 0.6) is 0 Å². The van der Waals surface area contributed by atoms with Crippen LogP contribution in [-0.4, -0.2) is 5.91 Å². The van der Waals surface area contributed by atoms with Gasteiger partial charge in [0.2, 0.25) is 11.4 Å². The number of amides is 1. The summed E-state index contributed by atoms with van der Waals surface area (Å²) in [7, 11) is 0. The number of hydrogen-bond acceptors (Lipinski definition) is 1. The molecule has 0 saturated heterocycles. The Kier molecular flexibility index (Phi) is 5.43. The van der Waals surface area contributed by atoms with Crippen LogP contribution in [0.3, 0.4) is 0 Å². The molecule has 0 radical (unpaired) electrons. The number of aromatic amines is 1. The number of pyridine rings is 1. The average molecular weight is 377 g/mol. The Hall–Kier alpha value is -2.91. The fraction of sp³-hybridized carbons (Fsp3) is 0.130.